The van der Waals surface area contributed by atoms with E-state index in [1.807, 2.05) is 12.1 Å². The van der Waals surface area contributed by atoms with Crippen molar-refractivity contribution >= 4 is 21.5 Å². The number of hydrogen-bond donors (Lipinski definition) is 0. The van der Waals surface area contributed by atoms with Crippen molar-refractivity contribution in [3.63, 3.8) is 0 Å². The summed E-state index contributed by atoms with van der Waals surface area (Å²) in [5.41, 5.74) is 3.20. The van der Waals surface area contributed by atoms with E-state index < -0.39 is 0 Å². The number of aryl methyl sites for hydroxylation is 1. The van der Waals surface area contributed by atoms with Gasteiger partial charge in [-0.1, -0.05) is 61.9 Å². The van der Waals surface area contributed by atoms with Crippen LogP contribution in [0, 0.1) is 5.92 Å². The summed E-state index contributed by atoms with van der Waals surface area (Å²) >= 11 is 0. The molecule has 1 aliphatic rings. The molecule has 1 heteroatoms. The van der Waals surface area contributed by atoms with Crippen molar-refractivity contribution in [1.82, 2.24) is 0 Å². The highest BCUT2D eigenvalue weighted by atomic mass is 16.3. The lowest BCUT2D eigenvalue weighted by atomic mass is 9.80. The highest BCUT2D eigenvalue weighted by Gasteiger charge is 2.19. The summed E-state index contributed by atoms with van der Waals surface area (Å²) in [4.78, 5) is 0. The maximum atomic E-state index is 4.58. The van der Waals surface area contributed by atoms with E-state index in [9.17, 15) is 0 Å². The lowest BCUT2D eigenvalue weighted by Gasteiger charge is -2.25. The van der Waals surface area contributed by atoms with Gasteiger partial charge in [-0.2, -0.15) is 0 Å². The first-order valence-corrected chi connectivity index (χ1v) is 9.26. The Kier molecular flexibility index (Phi) is 4.56. The maximum absolute atomic E-state index is 4.58. The fourth-order valence-electron chi connectivity index (χ4n) is 4.02. The quantitative estimate of drug-likeness (QED) is 0.351. The third-order valence-corrected chi connectivity index (χ3v) is 5.45. The van der Waals surface area contributed by atoms with Crippen molar-refractivity contribution in [3.05, 3.63) is 84.3 Å². The summed E-state index contributed by atoms with van der Waals surface area (Å²) in [5, 5.41) is 5.65. The second kappa shape index (κ2) is 7.14. The molecule has 4 aromatic rings. The molecule has 1 aromatic heterocycles. The van der Waals surface area contributed by atoms with E-state index in [1.54, 1.807) is 23.7 Å². The van der Waals surface area contributed by atoms with Crippen molar-refractivity contribution in [3.8, 4) is 0 Å². The first-order chi connectivity index (χ1) is 12.4. The largest absolute Gasteiger partial charge is 0.473 e. The van der Waals surface area contributed by atoms with Crippen molar-refractivity contribution in [1.29, 1.82) is 0 Å². The molecule has 0 saturated heterocycles. The number of fused-ring (bicyclic) bond motifs is 5. The predicted molar refractivity (Wildman–Crippen MR) is 106 cm³/mol. The van der Waals surface area contributed by atoms with Crippen LogP contribution in [0.2, 0.25) is 0 Å². The molecule has 3 aromatic carbocycles. The van der Waals surface area contributed by atoms with Crippen LogP contribution in [0.4, 0.5) is 0 Å². The first-order valence-electron chi connectivity index (χ1n) is 9.26. The molecule has 1 atom stereocenters. The van der Waals surface area contributed by atoms with Crippen LogP contribution < -0.4 is 0 Å². The lowest BCUT2D eigenvalue weighted by Crippen LogP contribution is -2.13. The van der Waals surface area contributed by atoms with E-state index in [4.69, 9.17) is 0 Å². The predicted octanol–water partition coefficient (Wildman–Crippen LogP) is 6.79. The fourth-order valence-corrected chi connectivity index (χ4v) is 4.02. The van der Waals surface area contributed by atoms with E-state index in [1.165, 1.54) is 47.2 Å². The van der Waals surface area contributed by atoms with Crippen LogP contribution >= 0.6 is 0 Å². The standard InChI is InChI=1S/C20H20.C4H4O/c1-2-14-7-10-18-16(13-14)9-12-19-17-6-4-3-5-15(17)8-11-20(18)19;1-2-4-5-3-1/h3-6,8-9,11-12,14H,2,7,10,13H2,1H3;1-4H. The number of rotatable bonds is 1. The number of benzene rings is 3. The monoisotopic (exact) mass is 328 g/mol. The molecule has 1 nitrogen and oxygen atoms in total. The minimum atomic E-state index is 0.889. The molecule has 0 N–H and O–H groups in total. The second-order valence-electron chi connectivity index (χ2n) is 6.90. The topological polar surface area (TPSA) is 13.1 Å². The smallest absolute Gasteiger partial charge is 0.0902 e. The molecule has 0 saturated carbocycles. The minimum absolute atomic E-state index is 0.889. The Hall–Kier alpha value is -2.54. The lowest BCUT2D eigenvalue weighted by molar-refractivity contribution is 0.446. The summed E-state index contributed by atoms with van der Waals surface area (Å²) in [6.45, 7) is 2.32. The van der Waals surface area contributed by atoms with Gasteiger partial charge >= 0.3 is 0 Å². The van der Waals surface area contributed by atoms with E-state index >= 15 is 0 Å². The third kappa shape index (κ3) is 3.19. The highest BCUT2D eigenvalue weighted by Crippen LogP contribution is 2.35. The summed E-state index contributed by atoms with van der Waals surface area (Å²) in [7, 11) is 0. The highest BCUT2D eigenvalue weighted by molar-refractivity contribution is 6.08. The Morgan fingerprint density at radius 1 is 0.840 bits per heavy atom. The summed E-state index contributed by atoms with van der Waals surface area (Å²) < 4.78 is 4.58. The zero-order valence-corrected chi connectivity index (χ0v) is 14.7. The van der Waals surface area contributed by atoms with Gasteiger partial charge in [-0.25, -0.2) is 0 Å². The molecule has 1 aliphatic carbocycles. The second-order valence-corrected chi connectivity index (χ2v) is 6.90. The van der Waals surface area contributed by atoms with Gasteiger partial charge in [0, 0.05) is 0 Å². The van der Waals surface area contributed by atoms with Crippen LogP contribution in [0.25, 0.3) is 21.5 Å². The molecule has 5 rings (SSSR count). The van der Waals surface area contributed by atoms with E-state index in [0.717, 1.165) is 5.92 Å². The summed E-state index contributed by atoms with van der Waals surface area (Å²) in [6, 6.07) is 21.7. The molecular weight excluding hydrogens is 304 g/mol. The number of hydrogen-bond acceptors (Lipinski definition) is 1. The van der Waals surface area contributed by atoms with Crippen molar-refractivity contribution < 1.29 is 4.42 Å². The summed E-state index contributed by atoms with van der Waals surface area (Å²) in [5.74, 6) is 0.889. The molecule has 0 aliphatic heterocycles. The van der Waals surface area contributed by atoms with Crippen LogP contribution in [-0.4, -0.2) is 0 Å². The molecule has 0 radical (unpaired) electrons. The van der Waals surface area contributed by atoms with Gasteiger partial charge in [-0.05, 0) is 70.0 Å². The molecule has 1 unspecified atom stereocenters. The molecule has 25 heavy (non-hydrogen) atoms. The minimum Gasteiger partial charge on any atom is -0.473 e. The molecule has 0 spiro atoms. The Bertz CT molecular complexity index is 949. The van der Waals surface area contributed by atoms with E-state index in [-0.39, 0.29) is 0 Å². The summed E-state index contributed by atoms with van der Waals surface area (Å²) in [6.07, 6.45) is 8.45. The van der Waals surface area contributed by atoms with Crippen molar-refractivity contribution in [2.75, 3.05) is 0 Å². The molecule has 0 bridgehead atoms. The third-order valence-electron chi connectivity index (χ3n) is 5.45. The first kappa shape index (κ1) is 16.0. The average Bonchev–Trinajstić information content (AvgIpc) is 3.27. The SMILES string of the molecule is CCC1CCc2c(ccc3c2ccc2ccccc23)C1.c1ccoc1. The van der Waals surface area contributed by atoms with Gasteiger partial charge in [0.1, 0.15) is 0 Å². The van der Waals surface area contributed by atoms with Gasteiger partial charge in [0.2, 0.25) is 0 Å². The Balaban J connectivity index is 0.000000272. The van der Waals surface area contributed by atoms with Crippen molar-refractivity contribution in [2.24, 2.45) is 5.92 Å². The van der Waals surface area contributed by atoms with Gasteiger partial charge in [0.15, 0.2) is 0 Å². The molecule has 0 amide bonds. The van der Waals surface area contributed by atoms with Crippen molar-refractivity contribution in [2.45, 2.75) is 32.6 Å². The van der Waals surface area contributed by atoms with E-state index in [0.29, 0.717) is 0 Å². The maximum Gasteiger partial charge on any atom is 0.0902 e. The number of furan rings is 1. The van der Waals surface area contributed by atoms with Crippen LogP contribution in [-0.2, 0) is 12.8 Å². The van der Waals surface area contributed by atoms with Gasteiger partial charge in [0.05, 0.1) is 12.5 Å². The van der Waals surface area contributed by atoms with Gasteiger partial charge < -0.3 is 4.42 Å². The molecular formula is C24H24O. The zero-order chi connectivity index (χ0) is 17.1. The van der Waals surface area contributed by atoms with Crippen LogP contribution in [0.5, 0.6) is 0 Å². The van der Waals surface area contributed by atoms with Crippen LogP contribution in [0.3, 0.4) is 0 Å². The fraction of sp³-hybridized carbons (Fsp3) is 0.250. The van der Waals surface area contributed by atoms with Gasteiger partial charge in [0.25, 0.3) is 0 Å². The molecule has 1 heterocycles. The average molecular weight is 328 g/mol. The Morgan fingerprint density at radius 2 is 1.64 bits per heavy atom. The molecule has 126 valence electrons. The van der Waals surface area contributed by atoms with Gasteiger partial charge in [-0.15, -0.1) is 0 Å². The van der Waals surface area contributed by atoms with Crippen LogP contribution in [0.15, 0.2) is 77.6 Å². The van der Waals surface area contributed by atoms with E-state index in [2.05, 4.69) is 59.9 Å². The Morgan fingerprint density at radius 3 is 2.40 bits per heavy atom. The zero-order valence-electron chi connectivity index (χ0n) is 14.7. The van der Waals surface area contributed by atoms with Gasteiger partial charge in [-0.3, -0.25) is 0 Å². The normalized spacial score (nSPS) is 16.3. The Labute approximate surface area is 149 Å². The molecule has 0 fully saturated rings. The van der Waals surface area contributed by atoms with Crippen LogP contribution in [0.1, 0.15) is 30.9 Å².